The van der Waals surface area contributed by atoms with Crippen molar-refractivity contribution >= 4 is 21.6 Å². The maximum atomic E-state index is 5.75. The third-order valence-corrected chi connectivity index (χ3v) is 3.38. The van der Waals surface area contributed by atoms with Crippen molar-refractivity contribution in [1.29, 1.82) is 0 Å². The van der Waals surface area contributed by atoms with Gasteiger partial charge in [-0.2, -0.15) is 5.10 Å². The van der Waals surface area contributed by atoms with Crippen LogP contribution < -0.4 is 10.5 Å². The van der Waals surface area contributed by atoms with Gasteiger partial charge in [-0.05, 0) is 40.5 Å². The van der Waals surface area contributed by atoms with Crippen molar-refractivity contribution in [1.82, 2.24) is 9.78 Å². The number of anilines is 1. The molecule has 1 heterocycles. The highest BCUT2D eigenvalue weighted by atomic mass is 79.9. The lowest BCUT2D eigenvalue weighted by Crippen LogP contribution is -2.03. The third-order valence-electron chi connectivity index (χ3n) is 2.72. The van der Waals surface area contributed by atoms with Crippen LogP contribution in [0.25, 0.3) is 0 Å². The maximum Gasteiger partial charge on any atom is 0.136 e. The minimum absolute atomic E-state index is 0.478. The number of halogens is 1. The van der Waals surface area contributed by atoms with Gasteiger partial charge in [-0.15, -0.1) is 0 Å². The average Bonchev–Trinajstić information content (AvgIpc) is 2.71. The number of hydrogen-bond acceptors (Lipinski definition) is 3. The Kier molecular flexibility index (Phi) is 3.91. The number of nitrogen functional groups attached to an aromatic ring is 1. The topological polar surface area (TPSA) is 53.1 Å². The molecule has 5 heteroatoms. The molecule has 0 aliphatic rings. The summed E-state index contributed by atoms with van der Waals surface area (Å²) < 4.78 is 8.50. The fourth-order valence-electron chi connectivity index (χ4n) is 1.66. The molecule has 0 saturated heterocycles. The number of ether oxygens (including phenoxy) is 1. The standard InChI is InChI=1S/C13H16BrN3O/c1-3-10-7-11(17(2)16-10)8-18-13-6-9(15)4-5-12(13)14/h4-7H,3,8,15H2,1-2H3. The molecule has 0 atom stereocenters. The summed E-state index contributed by atoms with van der Waals surface area (Å²) in [4.78, 5) is 0. The monoisotopic (exact) mass is 309 g/mol. The van der Waals surface area contributed by atoms with Crippen LogP contribution in [0.15, 0.2) is 28.7 Å². The molecule has 2 N–H and O–H groups in total. The highest BCUT2D eigenvalue weighted by Gasteiger charge is 2.06. The Morgan fingerprint density at radius 3 is 2.83 bits per heavy atom. The Labute approximate surface area is 115 Å². The van der Waals surface area contributed by atoms with E-state index in [4.69, 9.17) is 10.5 Å². The molecule has 0 bridgehead atoms. The van der Waals surface area contributed by atoms with Crippen LogP contribution in [0.2, 0.25) is 0 Å². The van der Waals surface area contributed by atoms with Crippen LogP contribution in [0.5, 0.6) is 5.75 Å². The number of rotatable bonds is 4. The van der Waals surface area contributed by atoms with E-state index in [2.05, 4.69) is 34.0 Å². The lowest BCUT2D eigenvalue weighted by atomic mass is 10.3. The van der Waals surface area contributed by atoms with E-state index in [-0.39, 0.29) is 0 Å². The summed E-state index contributed by atoms with van der Waals surface area (Å²) in [5.41, 5.74) is 8.54. The SMILES string of the molecule is CCc1cc(COc2cc(N)ccc2Br)n(C)n1. The van der Waals surface area contributed by atoms with Crippen molar-refractivity contribution in [3.8, 4) is 5.75 Å². The van der Waals surface area contributed by atoms with Crippen LogP contribution in [-0.2, 0) is 20.1 Å². The normalized spacial score (nSPS) is 10.6. The summed E-state index contributed by atoms with van der Waals surface area (Å²) in [5.74, 6) is 0.745. The molecule has 0 spiro atoms. The molecule has 0 aliphatic carbocycles. The summed E-state index contributed by atoms with van der Waals surface area (Å²) in [6, 6.07) is 7.57. The van der Waals surface area contributed by atoms with E-state index in [1.807, 2.05) is 23.9 Å². The Balaban J connectivity index is 2.11. The number of nitrogens with zero attached hydrogens (tertiary/aromatic N) is 2. The molecule has 2 rings (SSSR count). The van der Waals surface area contributed by atoms with Gasteiger partial charge in [0.25, 0.3) is 0 Å². The molecule has 0 amide bonds. The van der Waals surface area contributed by atoms with Gasteiger partial charge < -0.3 is 10.5 Å². The molecule has 4 nitrogen and oxygen atoms in total. The van der Waals surface area contributed by atoms with Crippen molar-refractivity contribution in [2.45, 2.75) is 20.0 Å². The van der Waals surface area contributed by atoms with Gasteiger partial charge in [-0.3, -0.25) is 4.68 Å². The summed E-state index contributed by atoms with van der Waals surface area (Å²) in [6.45, 7) is 2.56. The Morgan fingerprint density at radius 2 is 2.17 bits per heavy atom. The van der Waals surface area contributed by atoms with Crippen molar-refractivity contribution in [2.75, 3.05) is 5.73 Å². The molecule has 1 aromatic carbocycles. The number of aromatic nitrogens is 2. The van der Waals surface area contributed by atoms with Gasteiger partial charge in [0.05, 0.1) is 15.9 Å². The first-order valence-electron chi connectivity index (χ1n) is 5.79. The Morgan fingerprint density at radius 1 is 1.39 bits per heavy atom. The first kappa shape index (κ1) is 13.0. The molecule has 2 aromatic rings. The molecular formula is C13H16BrN3O. The highest BCUT2D eigenvalue weighted by molar-refractivity contribution is 9.10. The van der Waals surface area contributed by atoms with Gasteiger partial charge in [0, 0.05) is 18.8 Å². The van der Waals surface area contributed by atoms with Crippen LogP contribution in [0.3, 0.4) is 0 Å². The minimum atomic E-state index is 0.478. The Hall–Kier alpha value is -1.49. The zero-order chi connectivity index (χ0) is 13.1. The summed E-state index contributed by atoms with van der Waals surface area (Å²) in [6.07, 6.45) is 0.926. The molecule has 96 valence electrons. The third kappa shape index (κ3) is 2.85. The molecule has 0 unspecified atom stereocenters. The zero-order valence-corrected chi connectivity index (χ0v) is 12.1. The largest absolute Gasteiger partial charge is 0.486 e. The zero-order valence-electron chi connectivity index (χ0n) is 10.5. The highest BCUT2D eigenvalue weighted by Crippen LogP contribution is 2.27. The smallest absolute Gasteiger partial charge is 0.136 e. The molecule has 18 heavy (non-hydrogen) atoms. The van der Waals surface area contributed by atoms with E-state index >= 15 is 0 Å². The van der Waals surface area contributed by atoms with Crippen molar-refractivity contribution in [3.63, 3.8) is 0 Å². The average molecular weight is 310 g/mol. The van der Waals surface area contributed by atoms with E-state index in [0.29, 0.717) is 12.3 Å². The van der Waals surface area contributed by atoms with Crippen LogP contribution in [0.1, 0.15) is 18.3 Å². The lowest BCUT2D eigenvalue weighted by Gasteiger charge is -2.08. The lowest BCUT2D eigenvalue weighted by molar-refractivity contribution is 0.293. The molecule has 0 aliphatic heterocycles. The second-order valence-corrected chi connectivity index (χ2v) is 4.94. The summed E-state index contributed by atoms with van der Waals surface area (Å²) in [5, 5.41) is 4.38. The van der Waals surface area contributed by atoms with Gasteiger partial charge in [0.15, 0.2) is 0 Å². The van der Waals surface area contributed by atoms with E-state index in [0.717, 1.165) is 28.0 Å². The van der Waals surface area contributed by atoms with Crippen LogP contribution in [-0.4, -0.2) is 9.78 Å². The molecule has 1 aromatic heterocycles. The predicted molar refractivity (Wildman–Crippen MR) is 75.5 cm³/mol. The number of aryl methyl sites for hydroxylation is 2. The van der Waals surface area contributed by atoms with Crippen molar-refractivity contribution < 1.29 is 4.74 Å². The van der Waals surface area contributed by atoms with Crippen LogP contribution in [0.4, 0.5) is 5.69 Å². The maximum absolute atomic E-state index is 5.75. The van der Waals surface area contributed by atoms with Gasteiger partial charge in [0.1, 0.15) is 12.4 Å². The summed E-state index contributed by atoms with van der Waals surface area (Å²) in [7, 11) is 1.92. The molecule has 0 fully saturated rings. The van der Waals surface area contributed by atoms with Crippen LogP contribution >= 0.6 is 15.9 Å². The van der Waals surface area contributed by atoms with Gasteiger partial charge in [-0.25, -0.2) is 0 Å². The van der Waals surface area contributed by atoms with Crippen molar-refractivity contribution in [3.05, 3.63) is 40.1 Å². The minimum Gasteiger partial charge on any atom is -0.486 e. The van der Waals surface area contributed by atoms with E-state index in [1.165, 1.54) is 0 Å². The van der Waals surface area contributed by atoms with Gasteiger partial charge >= 0.3 is 0 Å². The number of hydrogen-bond donors (Lipinski definition) is 1. The quantitative estimate of drug-likeness (QED) is 0.884. The number of nitrogens with two attached hydrogens (primary N) is 1. The van der Waals surface area contributed by atoms with E-state index < -0.39 is 0 Å². The Bertz CT molecular complexity index is 551. The summed E-state index contributed by atoms with van der Waals surface area (Å²) >= 11 is 3.44. The molecular weight excluding hydrogens is 294 g/mol. The molecule has 0 saturated carbocycles. The first-order chi connectivity index (χ1) is 8.60. The number of benzene rings is 1. The van der Waals surface area contributed by atoms with E-state index in [1.54, 1.807) is 6.07 Å². The van der Waals surface area contributed by atoms with Crippen LogP contribution in [0, 0.1) is 0 Å². The predicted octanol–water partition coefficient (Wildman–Crippen LogP) is 2.91. The van der Waals surface area contributed by atoms with Gasteiger partial charge in [0.2, 0.25) is 0 Å². The fourth-order valence-corrected chi connectivity index (χ4v) is 2.02. The van der Waals surface area contributed by atoms with E-state index in [9.17, 15) is 0 Å². The first-order valence-corrected chi connectivity index (χ1v) is 6.59. The fraction of sp³-hybridized carbons (Fsp3) is 0.308. The molecule has 0 radical (unpaired) electrons. The second-order valence-electron chi connectivity index (χ2n) is 4.08. The van der Waals surface area contributed by atoms with Crippen molar-refractivity contribution in [2.24, 2.45) is 7.05 Å². The second kappa shape index (κ2) is 5.44. The van der Waals surface area contributed by atoms with Gasteiger partial charge in [-0.1, -0.05) is 6.92 Å².